The molecule has 2 N–H and O–H groups in total. The highest BCUT2D eigenvalue weighted by atomic mass is 16.5. The number of allylic oxidation sites excluding steroid dienone is 2. The zero-order chi connectivity index (χ0) is 20.7. The van der Waals surface area contributed by atoms with Crippen molar-refractivity contribution in [1.82, 2.24) is 0 Å². The number of rotatable bonds is 0. The third-order valence-electron chi connectivity index (χ3n) is 6.37. The number of aliphatic hydroxyl groups excluding tert-OH is 1. The first-order valence-electron chi connectivity index (χ1n) is 10.1. The Bertz CT molecular complexity index is 881. The zero-order valence-electron chi connectivity index (χ0n) is 17.6. The lowest BCUT2D eigenvalue weighted by Crippen LogP contribution is -2.46. The van der Waals surface area contributed by atoms with Gasteiger partial charge in [-0.3, -0.25) is 4.79 Å². The molecule has 0 fully saturated rings. The van der Waals surface area contributed by atoms with Gasteiger partial charge in [0.25, 0.3) is 0 Å². The predicted molar refractivity (Wildman–Crippen MR) is 112 cm³/mol. The topological polar surface area (TPSA) is 66.8 Å². The molecule has 0 saturated carbocycles. The Morgan fingerprint density at radius 2 is 1.86 bits per heavy atom. The molecule has 1 aromatic carbocycles. The lowest BCUT2D eigenvalue weighted by Gasteiger charge is -2.43. The monoisotopic (exact) mass is 384 g/mol. The Morgan fingerprint density at radius 3 is 2.57 bits per heavy atom. The van der Waals surface area contributed by atoms with Crippen LogP contribution in [-0.2, 0) is 6.42 Å². The van der Waals surface area contributed by atoms with Crippen molar-refractivity contribution >= 4 is 0 Å². The average Bonchev–Trinajstić information content (AvgIpc) is 2.70. The van der Waals surface area contributed by atoms with Crippen LogP contribution < -0.4 is 10.2 Å². The molecule has 1 aliphatic heterocycles. The van der Waals surface area contributed by atoms with E-state index in [-0.39, 0.29) is 17.1 Å². The third-order valence-corrected chi connectivity index (χ3v) is 6.37. The first-order valence-corrected chi connectivity index (χ1v) is 10.1. The van der Waals surface area contributed by atoms with Crippen molar-refractivity contribution in [3.05, 3.63) is 57.3 Å². The number of hydrogen-bond donors (Lipinski definition) is 2. The summed E-state index contributed by atoms with van der Waals surface area (Å²) in [4.78, 5) is 12.2. The SMILES string of the molecule is CC1=CCC(C)(C)C=CC[C@@]2(C)Oc3cc(=O)c(O)cc(C)c3C[C@@H]2C[C@H]1O. The fourth-order valence-electron chi connectivity index (χ4n) is 4.22. The number of aryl methyl sites for hydroxylation is 1. The Labute approximate surface area is 167 Å². The number of fused-ring (bicyclic) bond motifs is 2. The van der Waals surface area contributed by atoms with Crippen LogP contribution in [0, 0.1) is 18.3 Å². The highest BCUT2D eigenvalue weighted by Gasteiger charge is 2.42. The molecule has 2 aliphatic rings. The standard InChI is InChI=1S/C24H32O4/c1-15-7-10-23(3,4)8-6-9-24(5)17(13-19(15)25)12-18-16(2)11-20(26)21(27)14-22(18)28-24/h6-8,11,14,17,19,25H,9-10,12-13H2,1-5H3,(H,26,27)/t17-,19-,24-/m1/s1. The van der Waals surface area contributed by atoms with Crippen molar-refractivity contribution in [3.8, 4) is 11.5 Å². The molecular formula is C24H32O4. The minimum Gasteiger partial charge on any atom is -0.504 e. The maximum atomic E-state index is 12.2. The van der Waals surface area contributed by atoms with E-state index in [2.05, 4.69) is 39.0 Å². The second-order valence-electron chi connectivity index (χ2n) is 9.38. The molecule has 3 atom stereocenters. The summed E-state index contributed by atoms with van der Waals surface area (Å²) < 4.78 is 6.43. The number of hydrogen-bond acceptors (Lipinski definition) is 4. The summed E-state index contributed by atoms with van der Waals surface area (Å²) in [5.74, 6) is 0.372. The summed E-state index contributed by atoms with van der Waals surface area (Å²) in [6.07, 6.45) is 8.88. The van der Waals surface area contributed by atoms with Gasteiger partial charge in [-0.1, -0.05) is 32.1 Å². The third kappa shape index (κ3) is 4.17. The molecule has 1 aliphatic carbocycles. The maximum absolute atomic E-state index is 12.2. The Hall–Kier alpha value is -2.07. The van der Waals surface area contributed by atoms with E-state index in [0.717, 1.165) is 23.1 Å². The molecule has 3 rings (SSSR count). The van der Waals surface area contributed by atoms with E-state index in [1.807, 2.05) is 13.8 Å². The molecule has 0 spiro atoms. The van der Waals surface area contributed by atoms with Gasteiger partial charge in [-0.05, 0) is 68.2 Å². The predicted octanol–water partition coefficient (Wildman–Crippen LogP) is 4.44. The van der Waals surface area contributed by atoms with Gasteiger partial charge in [-0.25, -0.2) is 0 Å². The molecule has 1 heterocycles. The Kier molecular flexibility index (Phi) is 5.46. The quantitative estimate of drug-likeness (QED) is 0.649. The van der Waals surface area contributed by atoms with Crippen molar-refractivity contribution in [2.45, 2.75) is 72.0 Å². The molecule has 152 valence electrons. The van der Waals surface area contributed by atoms with E-state index in [1.165, 1.54) is 12.1 Å². The molecular weight excluding hydrogens is 352 g/mol. The molecule has 0 aromatic heterocycles. The van der Waals surface area contributed by atoms with Crippen molar-refractivity contribution in [3.63, 3.8) is 0 Å². The fraction of sp³-hybridized carbons (Fsp3) is 0.542. The maximum Gasteiger partial charge on any atom is 0.223 e. The van der Waals surface area contributed by atoms with Gasteiger partial charge in [0.1, 0.15) is 11.4 Å². The van der Waals surface area contributed by atoms with Gasteiger partial charge in [0.15, 0.2) is 5.75 Å². The van der Waals surface area contributed by atoms with E-state index in [0.29, 0.717) is 25.0 Å². The molecule has 4 nitrogen and oxygen atoms in total. The molecule has 0 unspecified atom stereocenters. The first-order chi connectivity index (χ1) is 13.0. The molecule has 4 heteroatoms. The summed E-state index contributed by atoms with van der Waals surface area (Å²) in [5, 5.41) is 20.8. The highest BCUT2D eigenvalue weighted by Crippen LogP contribution is 2.43. The number of ether oxygens (including phenoxy) is 1. The van der Waals surface area contributed by atoms with Crippen LogP contribution in [0.4, 0.5) is 0 Å². The molecule has 1 aromatic rings. The molecule has 0 saturated heterocycles. The van der Waals surface area contributed by atoms with E-state index in [4.69, 9.17) is 4.74 Å². The smallest absolute Gasteiger partial charge is 0.223 e. The minimum atomic E-state index is -0.534. The average molecular weight is 385 g/mol. The Balaban J connectivity index is 2.09. The lowest BCUT2D eigenvalue weighted by atomic mass is 9.75. The molecule has 0 bridgehead atoms. The van der Waals surface area contributed by atoms with E-state index in [1.54, 1.807) is 0 Å². The second kappa shape index (κ2) is 7.40. The molecule has 28 heavy (non-hydrogen) atoms. The van der Waals surface area contributed by atoms with Gasteiger partial charge in [-0.15, -0.1) is 0 Å². The van der Waals surface area contributed by atoms with Crippen LogP contribution in [0.3, 0.4) is 0 Å². The van der Waals surface area contributed by atoms with Crippen LogP contribution in [0.1, 0.15) is 58.1 Å². The fourth-order valence-corrected chi connectivity index (χ4v) is 4.22. The normalized spacial score (nSPS) is 29.6. The van der Waals surface area contributed by atoms with Crippen LogP contribution in [-0.4, -0.2) is 21.9 Å². The van der Waals surface area contributed by atoms with Crippen molar-refractivity contribution in [2.24, 2.45) is 11.3 Å². The highest BCUT2D eigenvalue weighted by molar-refractivity contribution is 5.44. The van der Waals surface area contributed by atoms with Crippen molar-refractivity contribution < 1.29 is 14.9 Å². The number of aliphatic hydroxyl groups is 1. The summed E-state index contributed by atoms with van der Waals surface area (Å²) in [7, 11) is 0. The van der Waals surface area contributed by atoms with Crippen molar-refractivity contribution in [2.75, 3.05) is 0 Å². The lowest BCUT2D eigenvalue weighted by molar-refractivity contribution is -0.00739. The van der Waals surface area contributed by atoms with E-state index < -0.39 is 17.1 Å². The summed E-state index contributed by atoms with van der Waals surface area (Å²) in [5.41, 5.74) is 1.80. The molecule has 0 radical (unpaired) electrons. The van der Waals surface area contributed by atoms with Crippen LogP contribution in [0.25, 0.3) is 0 Å². The van der Waals surface area contributed by atoms with Gasteiger partial charge in [0.2, 0.25) is 5.43 Å². The van der Waals surface area contributed by atoms with Crippen LogP contribution in [0.2, 0.25) is 0 Å². The van der Waals surface area contributed by atoms with Gasteiger partial charge in [0, 0.05) is 18.4 Å². The van der Waals surface area contributed by atoms with Crippen LogP contribution in [0.5, 0.6) is 11.5 Å². The minimum absolute atomic E-state index is 0.000751. The Morgan fingerprint density at radius 1 is 1.14 bits per heavy atom. The summed E-state index contributed by atoms with van der Waals surface area (Å²) in [6.45, 7) is 10.3. The largest absolute Gasteiger partial charge is 0.504 e. The van der Waals surface area contributed by atoms with E-state index >= 15 is 0 Å². The van der Waals surface area contributed by atoms with E-state index in [9.17, 15) is 15.0 Å². The molecule has 0 amide bonds. The first kappa shape index (κ1) is 20.7. The van der Waals surface area contributed by atoms with Crippen LogP contribution in [0.15, 0.2) is 40.7 Å². The zero-order valence-corrected chi connectivity index (χ0v) is 17.6. The van der Waals surface area contributed by atoms with Gasteiger partial charge < -0.3 is 14.9 Å². The van der Waals surface area contributed by atoms with Gasteiger partial charge in [-0.2, -0.15) is 0 Å². The summed E-state index contributed by atoms with van der Waals surface area (Å²) in [6, 6.07) is 2.92. The van der Waals surface area contributed by atoms with Crippen LogP contribution >= 0.6 is 0 Å². The van der Waals surface area contributed by atoms with Crippen molar-refractivity contribution in [1.29, 1.82) is 0 Å². The van der Waals surface area contributed by atoms with Gasteiger partial charge in [0.05, 0.1) is 6.10 Å². The second-order valence-corrected chi connectivity index (χ2v) is 9.38. The number of aromatic hydroxyl groups is 1. The summed E-state index contributed by atoms with van der Waals surface area (Å²) >= 11 is 0. The van der Waals surface area contributed by atoms with Gasteiger partial charge >= 0.3 is 0 Å².